The summed E-state index contributed by atoms with van der Waals surface area (Å²) in [6.07, 6.45) is 12.5. The molecule has 154 valence electrons. The molecule has 0 atom stereocenters. The lowest BCUT2D eigenvalue weighted by Gasteiger charge is -2.13. The van der Waals surface area contributed by atoms with E-state index < -0.39 is 0 Å². The van der Waals surface area contributed by atoms with Gasteiger partial charge < -0.3 is 20.9 Å². The Labute approximate surface area is 168 Å². The van der Waals surface area contributed by atoms with E-state index in [0.29, 0.717) is 18.8 Å². The van der Waals surface area contributed by atoms with Crippen LogP contribution in [0, 0.1) is 0 Å². The van der Waals surface area contributed by atoms with Gasteiger partial charge in [0.15, 0.2) is 11.5 Å². The Morgan fingerprint density at radius 3 is 2.32 bits per heavy atom. The van der Waals surface area contributed by atoms with Crippen molar-refractivity contribution < 1.29 is 9.47 Å². The van der Waals surface area contributed by atoms with E-state index in [4.69, 9.17) is 20.9 Å². The van der Waals surface area contributed by atoms with Crippen LogP contribution in [0.2, 0.25) is 0 Å². The second-order valence-electron chi connectivity index (χ2n) is 7.12. The van der Waals surface area contributed by atoms with Gasteiger partial charge >= 0.3 is 0 Å². The number of hydrogen-bond acceptors (Lipinski definition) is 6. The molecule has 1 aromatic heterocycles. The van der Waals surface area contributed by atoms with Crippen molar-refractivity contribution in [3.63, 3.8) is 0 Å². The number of aromatic nitrogens is 2. The van der Waals surface area contributed by atoms with Crippen LogP contribution in [0.5, 0.6) is 11.5 Å². The Hall–Kier alpha value is -2.50. The molecule has 0 fully saturated rings. The van der Waals surface area contributed by atoms with Gasteiger partial charge in [0.05, 0.1) is 13.7 Å². The summed E-state index contributed by atoms with van der Waals surface area (Å²) in [5.41, 5.74) is 13.4. The smallest absolute Gasteiger partial charge is 0.221 e. The van der Waals surface area contributed by atoms with Gasteiger partial charge in [-0.15, -0.1) is 0 Å². The first-order chi connectivity index (χ1) is 13.6. The van der Waals surface area contributed by atoms with E-state index in [2.05, 4.69) is 16.9 Å². The predicted molar refractivity (Wildman–Crippen MR) is 115 cm³/mol. The highest BCUT2D eigenvalue weighted by Gasteiger charge is 2.09. The average Bonchev–Trinajstić information content (AvgIpc) is 2.69. The van der Waals surface area contributed by atoms with Crippen molar-refractivity contribution in [1.82, 2.24) is 9.97 Å². The minimum atomic E-state index is 0.184. The molecular formula is C22H34N4O2. The van der Waals surface area contributed by atoms with Crippen molar-refractivity contribution in [2.24, 2.45) is 0 Å². The molecular weight excluding hydrogens is 352 g/mol. The Balaban J connectivity index is 1.79. The molecule has 2 aromatic rings. The van der Waals surface area contributed by atoms with Crippen molar-refractivity contribution in [2.45, 2.75) is 64.7 Å². The second kappa shape index (κ2) is 12.1. The van der Waals surface area contributed by atoms with Crippen molar-refractivity contribution in [3.8, 4) is 11.5 Å². The summed E-state index contributed by atoms with van der Waals surface area (Å²) in [5.74, 6) is 2.09. The maximum absolute atomic E-state index is 5.93. The van der Waals surface area contributed by atoms with E-state index in [9.17, 15) is 0 Å². The molecule has 2 rings (SSSR count). The summed E-state index contributed by atoms with van der Waals surface area (Å²) in [6.45, 7) is 2.96. The fourth-order valence-corrected chi connectivity index (χ4v) is 3.15. The van der Waals surface area contributed by atoms with Crippen LogP contribution in [-0.2, 0) is 6.42 Å². The van der Waals surface area contributed by atoms with Crippen LogP contribution in [0.3, 0.4) is 0 Å². The highest BCUT2D eigenvalue weighted by molar-refractivity contribution is 5.48. The van der Waals surface area contributed by atoms with Crippen molar-refractivity contribution in [1.29, 1.82) is 0 Å². The van der Waals surface area contributed by atoms with Crippen LogP contribution >= 0.6 is 0 Å². The van der Waals surface area contributed by atoms with Crippen LogP contribution in [0.25, 0.3) is 0 Å². The number of hydrogen-bond donors (Lipinski definition) is 2. The first-order valence-corrected chi connectivity index (χ1v) is 10.3. The third-order valence-corrected chi connectivity index (χ3v) is 4.79. The molecule has 0 saturated heterocycles. The lowest BCUT2D eigenvalue weighted by atomic mass is 10.1. The number of nitrogen functional groups attached to an aromatic ring is 2. The van der Waals surface area contributed by atoms with E-state index in [1.807, 2.05) is 18.2 Å². The van der Waals surface area contributed by atoms with E-state index >= 15 is 0 Å². The largest absolute Gasteiger partial charge is 0.493 e. The van der Waals surface area contributed by atoms with Gasteiger partial charge in [0.1, 0.15) is 5.82 Å². The highest BCUT2D eigenvalue weighted by atomic mass is 16.5. The lowest BCUT2D eigenvalue weighted by Crippen LogP contribution is -2.04. The number of unbranched alkanes of at least 4 members (excludes halogenated alkanes) is 7. The molecule has 4 N–H and O–H groups in total. The SMILES string of the molecule is CCCCCCCCCCOc1ccc(Cc2cnc(N)nc2N)cc1OC. The van der Waals surface area contributed by atoms with Crippen molar-refractivity contribution in [3.05, 3.63) is 35.5 Å². The summed E-state index contributed by atoms with van der Waals surface area (Å²) in [7, 11) is 1.66. The summed E-state index contributed by atoms with van der Waals surface area (Å²) in [6, 6.07) is 5.94. The maximum Gasteiger partial charge on any atom is 0.221 e. The molecule has 6 nitrogen and oxygen atoms in total. The quantitative estimate of drug-likeness (QED) is 0.482. The van der Waals surface area contributed by atoms with Crippen LogP contribution < -0.4 is 20.9 Å². The monoisotopic (exact) mass is 386 g/mol. The molecule has 6 heteroatoms. The highest BCUT2D eigenvalue weighted by Crippen LogP contribution is 2.29. The fourth-order valence-electron chi connectivity index (χ4n) is 3.15. The molecule has 1 aromatic carbocycles. The third-order valence-electron chi connectivity index (χ3n) is 4.79. The fraction of sp³-hybridized carbons (Fsp3) is 0.545. The first-order valence-electron chi connectivity index (χ1n) is 10.3. The van der Waals surface area contributed by atoms with Gasteiger partial charge in [-0.3, -0.25) is 0 Å². The van der Waals surface area contributed by atoms with Gasteiger partial charge in [-0.2, -0.15) is 4.98 Å². The van der Waals surface area contributed by atoms with Crippen molar-refractivity contribution in [2.75, 3.05) is 25.2 Å². The molecule has 1 heterocycles. The zero-order valence-electron chi connectivity index (χ0n) is 17.2. The zero-order valence-corrected chi connectivity index (χ0v) is 17.2. The van der Waals surface area contributed by atoms with E-state index in [1.165, 1.54) is 44.9 Å². The van der Waals surface area contributed by atoms with Gasteiger partial charge in [0.25, 0.3) is 0 Å². The molecule has 0 saturated carbocycles. The Kier molecular flexibility index (Phi) is 9.39. The van der Waals surface area contributed by atoms with Crippen LogP contribution in [-0.4, -0.2) is 23.7 Å². The van der Waals surface area contributed by atoms with Crippen LogP contribution in [0.1, 0.15) is 69.4 Å². The molecule has 0 bridgehead atoms. The number of anilines is 2. The van der Waals surface area contributed by atoms with E-state index in [-0.39, 0.29) is 5.95 Å². The standard InChI is InChI=1S/C22H34N4O2/c1-3-4-5-6-7-8-9-10-13-28-19-12-11-17(15-20(19)27-2)14-18-16-25-22(24)26-21(18)23/h11-12,15-16H,3-10,13-14H2,1-2H3,(H4,23,24,25,26). The topological polar surface area (TPSA) is 96.3 Å². The summed E-state index contributed by atoms with van der Waals surface area (Å²) < 4.78 is 11.4. The lowest BCUT2D eigenvalue weighted by molar-refractivity contribution is 0.284. The van der Waals surface area contributed by atoms with E-state index in [1.54, 1.807) is 13.3 Å². The minimum absolute atomic E-state index is 0.184. The Bertz CT molecular complexity index is 722. The summed E-state index contributed by atoms with van der Waals surface area (Å²) in [5, 5.41) is 0. The third kappa shape index (κ3) is 7.25. The normalized spacial score (nSPS) is 10.8. The number of nitrogens with zero attached hydrogens (tertiary/aromatic N) is 2. The van der Waals surface area contributed by atoms with Crippen LogP contribution in [0.4, 0.5) is 11.8 Å². The molecule has 0 amide bonds. The Morgan fingerprint density at radius 1 is 0.929 bits per heavy atom. The molecule has 0 unspecified atom stereocenters. The predicted octanol–water partition coefficient (Wildman–Crippen LogP) is 4.76. The van der Waals surface area contributed by atoms with Gasteiger partial charge in [0.2, 0.25) is 5.95 Å². The maximum atomic E-state index is 5.93. The molecule has 0 aliphatic rings. The average molecular weight is 387 g/mol. The number of nitrogens with two attached hydrogens (primary N) is 2. The summed E-state index contributed by atoms with van der Waals surface area (Å²) >= 11 is 0. The van der Waals surface area contributed by atoms with Crippen LogP contribution in [0.15, 0.2) is 24.4 Å². The zero-order chi connectivity index (χ0) is 20.2. The van der Waals surface area contributed by atoms with Gasteiger partial charge in [-0.1, -0.05) is 57.9 Å². The number of methoxy groups -OCH3 is 1. The van der Waals surface area contributed by atoms with Crippen molar-refractivity contribution >= 4 is 11.8 Å². The molecule has 28 heavy (non-hydrogen) atoms. The first kappa shape index (κ1) is 21.8. The molecule has 0 radical (unpaired) electrons. The van der Waals surface area contributed by atoms with Gasteiger partial charge in [-0.25, -0.2) is 4.98 Å². The molecule has 0 aliphatic carbocycles. The Morgan fingerprint density at radius 2 is 1.64 bits per heavy atom. The number of benzene rings is 1. The molecule has 0 spiro atoms. The summed E-state index contributed by atoms with van der Waals surface area (Å²) in [4.78, 5) is 8.02. The molecule has 0 aliphatic heterocycles. The van der Waals surface area contributed by atoms with E-state index in [0.717, 1.165) is 29.0 Å². The van der Waals surface area contributed by atoms with Gasteiger partial charge in [0, 0.05) is 18.2 Å². The number of ether oxygens (including phenoxy) is 2. The minimum Gasteiger partial charge on any atom is -0.493 e. The van der Waals surface area contributed by atoms with Gasteiger partial charge in [-0.05, 0) is 24.1 Å². The second-order valence-corrected chi connectivity index (χ2v) is 7.12. The number of rotatable bonds is 13.